The monoisotopic (exact) mass is 233 g/mol. The number of phenolic OH excluding ortho intramolecular Hbond substituents is 4. The van der Waals surface area contributed by atoms with Crippen molar-refractivity contribution in [1.82, 2.24) is 0 Å². The number of rotatable bonds is 2. The Kier molecular flexibility index (Phi) is 2.66. The first-order valence-electron chi connectivity index (χ1n) is 4.86. The van der Waals surface area contributed by atoms with E-state index in [0.29, 0.717) is 11.4 Å². The van der Waals surface area contributed by atoms with Crippen molar-refractivity contribution in [3.05, 3.63) is 36.4 Å². The molecule has 0 heterocycles. The van der Waals surface area contributed by atoms with Crippen molar-refractivity contribution in [1.29, 1.82) is 0 Å². The van der Waals surface area contributed by atoms with E-state index in [1.165, 1.54) is 36.4 Å². The third kappa shape index (κ3) is 2.52. The summed E-state index contributed by atoms with van der Waals surface area (Å²) in [6.45, 7) is 0. The predicted octanol–water partition coefficient (Wildman–Crippen LogP) is 2.25. The Morgan fingerprint density at radius 2 is 1.35 bits per heavy atom. The molecule has 0 saturated carbocycles. The second kappa shape index (κ2) is 4.13. The molecular formula is C12H11NO4. The topological polar surface area (TPSA) is 93.0 Å². The molecule has 0 amide bonds. The maximum absolute atomic E-state index is 9.54. The smallest absolute Gasteiger partial charge is 0.142 e. The predicted molar refractivity (Wildman–Crippen MR) is 62.8 cm³/mol. The van der Waals surface area contributed by atoms with Gasteiger partial charge in [0.15, 0.2) is 0 Å². The van der Waals surface area contributed by atoms with Crippen LogP contribution in [0.3, 0.4) is 0 Å². The summed E-state index contributed by atoms with van der Waals surface area (Å²) >= 11 is 0. The number of anilines is 2. The van der Waals surface area contributed by atoms with E-state index in [9.17, 15) is 15.3 Å². The summed E-state index contributed by atoms with van der Waals surface area (Å²) in [5.41, 5.74) is 0.774. The zero-order chi connectivity index (χ0) is 12.4. The van der Waals surface area contributed by atoms with Gasteiger partial charge in [-0.1, -0.05) is 0 Å². The average Bonchev–Trinajstić information content (AvgIpc) is 2.21. The maximum atomic E-state index is 9.54. The Morgan fingerprint density at radius 1 is 0.706 bits per heavy atom. The van der Waals surface area contributed by atoms with E-state index in [1.807, 2.05) is 0 Å². The van der Waals surface area contributed by atoms with Crippen molar-refractivity contribution in [2.45, 2.75) is 0 Å². The molecule has 0 aliphatic heterocycles. The SMILES string of the molecule is Oc1cc(O)cc(Nc2ccc(O)cc2O)c1. The van der Waals surface area contributed by atoms with Crippen LogP contribution < -0.4 is 5.32 Å². The molecule has 17 heavy (non-hydrogen) atoms. The van der Waals surface area contributed by atoms with Gasteiger partial charge in [0.2, 0.25) is 0 Å². The van der Waals surface area contributed by atoms with E-state index in [0.717, 1.165) is 0 Å². The summed E-state index contributed by atoms with van der Waals surface area (Å²) in [5, 5.41) is 40.0. The highest BCUT2D eigenvalue weighted by Gasteiger charge is 2.04. The first-order chi connectivity index (χ1) is 8.04. The van der Waals surface area contributed by atoms with Crippen LogP contribution in [0.4, 0.5) is 11.4 Å². The molecule has 5 N–H and O–H groups in total. The minimum atomic E-state index is -0.132. The Hall–Kier alpha value is -2.56. The molecule has 2 rings (SSSR count). The first-order valence-corrected chi connectivity index (χ1v) is 4.86. The molecule has 0 spiro atoms. The van der Waals surface area contributed by atoms with Gasteiger partial charge >= 0.3 is 0 Å². The molecule has 0 atom stereocenters. The molecule has 88 valence electrons. The van der Waals surface area contributed by atoms with Crippen LogP contribution in [0.1, 0.15) is 0 Å². The van der Waals surface area contributed by atoms with E-state index < -0.39 is 0 Å². The number of hydrogen-bond acceptors (Lipinski definition) is 5. The summed E-state index contributed by atoms with van der Waals surface area (Å²) in [7, 11) is 0. The molecule has 2 aromatic carbocycles. The van der Waals surface area contributed by atoms with Crippen LogP contribution in [0.15, 0.2) is 36.4 Å². The van der Waals surface area contributed by atoms with E-state index in [4.69, 9.17) is 5.11 Å². The molecule has 0 aliphatic rings. The average molecular weight is 233 g/mol. The van der Waals surface area contributed by atoms with Gasteiger partial charge in [-0.25, -0.2) is 0 Å². The van der Waals surface area contributed by atoms with Gasteiger partial charge in [-0.15, -0.1) is 0 Å². The normalized spacial score (nSPS) is 10.1. The van der Waals surface area contributed by atoms with E-state index in [1.54, 1.807) is 0 Å². The second-order valence-corrected chi connectivity index (χ2v) is 3.56. The van der Waals surface area contributed by atoms with Crippen LogP contribution in [-0.2, 0) is 0 Å². The molecule has 5 heteroatoms. The van der Waals surface area contributed by atoms with Crippen LogP contribution in [0.2, 0.25) is 0 Å². The third-order valence-electron chi connectivity index (χ3n) is 2.16. The molecule has 5 nitrogen and oxygen atoms in total. The minimum Gasteiger partial charge on any atom is -0.508 e. The van der Waals surface area contributed by atoms with Crippen LogP contribution in [0.25, 0.3) is 0 Å². The summed E-state index contributed by atoms with van der Waals surface area (Å²) in [6, 6.07) is 8.06. The lowest BCUT2D eigenvalue weighted by Crippen LogP contribution is -1.90. The van der Waals surface area contributed by atoms with Crippen LogP contribution in [0, 0.1) is 0 Å². The number of aromatic hydroxyl groups is 4. The van der Waals surface area contributed by atoms with Gasteiger partial charge in [0, 0.05) is 30.0 Å². The Morgan fingerprint density at radius 3 is 1.94 bits per heavy atom. The number of phenols is 4. The number of nitrogens with one attached hydrogen (secondary N) is 1. The fourth-order valence-electron chi connectivity index (χ4n) is 1.45. The number of hydrogen-bond donors (Lipinski definition) is 5. The molecule has 0 radical (unpaired) electrons. The standard InChI is InChI=1S/C12H11NO4/c14-8-1-2-11(12(17)6-8)13-7-3-9(15)5-10(16)4-7/h1-6,13-17H. The highest BCUT2D eigenvalue weighted by atomic mass is 16.3. The van der Waals surface area contributed by atoms with Crippen LogP contribution in [-0.4, -0.2) is 20.4 Å². The van der Waals surface area contributed by atoms with Gasteiger partial charge in [-0.2, -0.15) is 0 Å². The van der Waals surface area contributed by atoms with E-state index in [-0.39, 0.29) is 23.0 Å². The second-order valence-electron chi connectivity index (χ2n) is 3.56. The summed E-state index contributed by atoms with van der Waals surface area (Å²) in [6.07, 6.45) is 0. The molecule has 0 fully saturated rings. The van der Waals surface area contributed by atoms with Gasteiger partial charge in [0.05, 0.1) is 5.69 Å². The van der Waals surface area contributed by atoms with Gasteiger partial charge in [0.25, 0.3) is 0 Å². The highest BCUT2D eigenvalue weighted by molar-refractivity contribution is 5.68. The lowest BCUT2D eigenvalue weighted by molar-refractivity contribution is 0.449. The molecule has 0 aliphatic carbocycles. The van der Waals surface area contributed by atoms with E-state index in [2.05, 4.69) is 5.32 Å². The van der Waals surface area contributed by atoms with Crippen molar-refractivity contribution >= 4 is 11.4 Å². The lowest BCUT2D eigenvalue weighted by atomic mass is 10.2. The van der Waals surface area contributed by atoms with Gasteiger partial charge in [-0.05, 0) is 12.1 Å². The molecule has 0 aromatic heterocycles. The van der Waals surface area contributed by atoms with E-state index >= 15 is 0 Å². The largest absolute Gasteiger partial charge is 0.508 e. The van der Waals surface area contributed by atoms with Crippen molar-refractivity contribution in [3.63, 3.8) is 0 Å². The minimum absolute atomic E-state index is 0.0493. The third-order valence-corrected chi connectivity index (χ3v) is 2.16. The fourth-order valence-corrected chi connectivity index (χ4v) is 1.45. The molecular weight excluding hydrogens is 222 g/mol. The van der Waals surface area contributed by atoms with Crippen molar-refractivity contribution in [3.8, 4) is 23.0 Å². The zero-order valence-electron chi connectivity index (χ0n) is 8.75. The molecule has 0 unspecified atom stereocenters. The van der Waals surface area contributed by atoms with Gasteiger partial charge in [0.1, 0.15) is 23.0 Å². The van der Waals surface area contributed by atoms with Crippen LogP contribution in [0.5, 0.6) is 23.0 Å². The molecule has 0 bridgehead atoms. The summed E-state index contributed by atoms with van der Waals surface area (Å²) in [5.74, 6) is -0.365. The summed E-state index contributed by atoms with van der Waals surface area (Å²) in [4.78, 5) is 0. The van der Waals surface area contributed by atoms with Crippen molar-refractivity contribution < 1.29 is 20.4 Å². The Balaban J connectivity index is 2.31. The first kappa shape index (κ1) is 10.9. The van der Waals surface area contributed by atoms with Gasteiger partial charge in [-0.3, -0.25) is 0 Å². The zero-order valence-corrected chi connectivity index (χ0v) is 8.75. The molecule has 0 saturated heterocycles. The van der Waals surface area contributed by atoms with Crippen molar-refractivity contribution in [2.24, 2.45) is 0 Å². The maximum Gasteiger partial charge on any atom is 0.142 e. The molecule has 2 aromatic rings. The Bertz CT molecular complexity index is 534. The lowest BCUT2D eigenvalue weighted by Gasteiger charge is -2.09. The van der Waals surface area contributed by atoms with Gasteiger partial charge < -0.3 is 25.7 Å². The summed E-state index contributed by atoms with van der Waals surface area (Å²) < 4.78 is 0. The number of benzene rings is 2. The quantitative estimate of drug-likeness (QED) is 0.405. The fraction of sp³-hybridized carbons (Fsp3) is 0. The highest BCUT2D eigenvalue weighted by Crippen LogP contribution is 2.32. The van der Waals surface area contributed by atoms with Crippen molar-refractivity contribution in [2.75, 3.05) is 5.32 Å². The Labute approximate surface area is 97.2 Å². The van der Waals surface area contributed by atoms with Crippen LogP contribution >= 0.6 is 0 Å².